The molecule has 1 aromatic heterocycles. The number of benzene rings is 1. The van der Waals surface area contributed by atoms with E-state index in [4.69, 9.17) is 11.5 Å². The molecule has 5 atom stereocenters. The van der Waals surface area contributed by atoms with Crippen LogP contribution in [0.25, 0.3) is 5.69 Å². The Labute approximate surface area is 260 Å². The number of halogens is 1. The molecular weight excluding hydrogens is 568 g/mol. The Morgan fingerprint density at radius 1 is 1.14 bits per heavy atom. The number of piperazine rings is 1. The van der Waals surface area contributed by atoms with Crippen LogP contribution in [0.5, 0.6) is 0 Å². The maximum absolute atomic E-state index is 13.0. The Morgan fingerprint density at radius 2 is 1.86 bits per heavy atom. The van der Waals surface area contributed by atoms with Crippen LogP contribution in [-0.4, -0.2) is 87.6 Å². The van der Waals surface area contributed by atoms with Crippen LogP contribution in [0.2, 0.25) is 0 Å². The lowest BCUT2D eigenvalue weighted by Gasteiger charge is -2.37. The molecule has 3 heterocycles. The standard InChI is InChI=1S/C31H46N8O3.ClH/c1-4-24(37-18-21-7-8-23(32)16-22(21)19-37)15-20-5-9-25(10-6-20)38-13-11-27(35-29(38)41)36-30(42)39-14-12-34-17-26(39)28(40)31(2,3)33;/h5-6,9-11,13,21-24,26,34H,4,7-8,12,14-19,32-33H2,1-3H3,(H,35,36,41,42);1H. The van der Waals surface area contributed by atoms with E-state index in [1.54, 1.807) is 26.1 Å². The number of fused-ring (bicyclic) bond motifs is 1. The molecule has 1 aliphatic carbocycles. The first-order valence-corrected chi connectivity index (χ1v) is 15.3. The van der Waals surface area contributed by atoms with Gasteiger partial charge in [0.05, 0.1) is 11.2 Å². The van der Waals surface area contributed by atoms with E-state index >= 15 is 0 Å². The van der Waals surface area contributed by atoms with Gasteiger partial charge in [0.2, 0.25) is 0 Å². The first kappa shape index (κ1) is 33.1. The number of nitrogens with one attached hydrogen (secondary N) is 2. The van der Waals surface area contributed by atoms with E-state index in [9.17, 15) is 14.4 Å². The first-order chi connectivity index (χ1) is 20.0. The zero-order valence-electron chi connectivity index (χ0n) is 25.5. The molecule has 2 saturated heterocycles. The Hall–Kier alpha value is -2.83. The maximum Gasteiger partial charge on any atom is 0.354 e. The maximum atomic E-state index is 13.0. The van der Waals surface area contributed by atoms with Crippen molar-refractivity contribution in [1.29, 1.82) is 0 Å². The average Bonchev–Trinajstić information content (AvgIpc) is 3.38. The number of nitrogens with zero attached hydrogens (tertiary/aromatic N) is 4. The van der Waals surface area contributed by atoms with E-state index in [2.05, 4.69) is 39.6 Å². The number of nitrogens with two attached hydrogens (primary N) is 2. The summed E-state index contributed by atoms with van der Waals surface area (Å²) in [5.41, 5.74) is 12.6. The number of rotatable bonds is 8. The normalized spacial score (nSPS) is 25.0. The van der Waals surface area contributed by atoms with Gasteiger partial charge in [0, 0.05) is 51.0 Å². The smallest absolute Gasteiger partial charge is 0.328 e. The van der Waals surface area contributed by atoms with E-state index < -0.39 is 23.3 Å². The number of hydrogen-bond acceptors (Lipinski definition) is 8. The van der Waals surface area contributed by atoms with E-state index in [-0.39, 0.29) is 24.0 Å². The van der Waals surface area contributed by atoms with Crippen molar-refractivity contribution in [3.8, 4) is 5.69 Å². The van der Waals surface area contributed by atoms with Gasteiger partial charge in [-0.2, -0.15) is 4.98 Å². The van der Waals surface area contributed by atoms with Gasteiger partial charge in [0.15, 0.2) is 5.78 Å². The van der Waals surface area contributed by atoms with Crippen molar-refractivity contribution in [3.05, 3.63) is 52.6 Å². The molecule has 11 nitrogen and oxygen atoms in total. The number of carbonyl (C=O) groups is 2. The van der Waals surface area contributed by atoms with Crippen molar-refractivity contribution >= 4 is 30.0 Å². The summed E-state index contributed by atoms with van der Waals surface area (Å²) in [6.07, 6.45) is 7.23. The molecule has 1 saturated carbocycles. The third-order valence-electron chi connectivity index (χ3n) is 9.27. The molecule has 0 bridgehead atoms. The average molecular weight is 615 g/mol. The molecule has 43 heavy (non-hydrogen) atoms. The number of ketones is 1. The summed E-state index contributed by atoms with van der Waals surface area (Å²) in [6, 6.07) is 9.31. The molecule has 0 spiro atoms. The Balaban J connectivity index is 0.00000423. The van der Waals surface area contributed by atoms with E-state index in [0.717, 1.165) is 44.1 Å². The summed E-state index contributed by atoms with van der Waals surface area (Å²) in [4.78, 5) is 47.0. The highest BCUT2D eigenvalue weighted by Gasteiger charge is 2.39. The number of carbonyl (C=O) groups excluding carboxylic acids is 2. The van der Waals surface area contributed by atoms with Crippen molar-refractivity contribution in [2.75, 3.05) is 38.0 Å². The van der Waals surface area contributed by atoms with Crippen LogP contribution >= 0.6 is 12.4 Å². The molecule has 3 fully saturated rings. The van der Waals surface area contributed by atoms with Gasteiger partial charge in [-0.1, -0.05) is 19.1 Å². The highest BCUT2D eigenvalue weighted by molar-refractivity contribution is 5.97. The lowest BCUT2D eigenvalue weighted by Crippen LogP contribution is -2.63. The number of Topliss-reactive ketones (excluding diaryl/α,β-unsaturated/α-hetero) is 1. The third kappa shape index (κ3) is 7.64. The zero-order chi connectivity index (χ0) is 30.0. The van der Waals surface area contributed by atoms with Crippen LogP contribution in [0.15, 0.2) is 41.3 Å². The van der Waals surface area contributed by atoms with Crippen LogP contribution in [0, 0.1) is 11.8 Å². The minimum Gasteiger partial charge on any atom is -0.328 e. The molecule has 5 unspecified atom stereocenters. The molecule has 0 radical (unpaired) electrons. The lowest BCUT2D eigenvalue weighted by atomic mass is 9.79. The van der Waals surface area contributed by atoms with Crippen LogP contribution in [0.3, 0.4) is 0 Å². The number of anilines is 1. The molecular formula is C31H47ClN8O3. The van der Waals surface area contributed by atoms with E-state index in [1.165, 1.54) is 28.0 Å². The van der Waals surface area contributed by atoms with Crippen molar-refractivity contribution in [3.63, 3.8) is 0 Å². The quantitative estimate of drug-likeness (QED) is 0.353. The Bertz CT molecular complexity index is 1330. The van der Waals surface area contributed by atoms with Crippen LogP contribution in [0.4, 0.5) is 10.6 Å². The molecule has 12 heteroatoms. The molecule has 5 rings (SSSR count). The monoisotopic (exact) mass is 614 g/mol. The van der Waals surface area contributed by atoms with Crippen LogP contribution in [0.1, 0.15) is 52.0 Å². The van der Waals surface area contributed by atoms with Gasteiger partial charge >= 0.3 is 11.7 Å². The van der Waals surface area contributed by atoms with Gasteiger partial charge in [-0.15, -0.1) is 12.4 Å². The highest BCUT2D eigenvalue weighted by Crippen LogP contribution is 2.37. The highest BCUT2D eigenvalue weighted by atomic mass is 35.5. The number of amides is 2. The SMILES string of the molecule is CCC(Cc1ccc(-n2ccc(NC(=O)N3CCNCC3C(=O)C(C)(C)N)nc2=O)cc1)N1CC2CCC(N)CC2C1.Cl. The summed E-state index contributed by atoms with van der Waals surface area (Å²) in [5.74, 6) is 1.42. The number of urea groups is 1. The minimum absolute atomic E-state index is 0. The van der Waals surface area contributed by atoms with Gasteiger partial charge in [-0.3, -0.25) is 19.6 Å². The van der Waals surface area contributed by atoms with Gasteiger partial charge in [-0.05, 0) is 81.5 Å². The van der Waals surface area contributed by atoms with Crippen molar-refractivity contribution in [2.45, 2.75) is 76.5 Å². The summed E-state index contributed by atoms with van der Waals surface area (Å²) in [7, 11) is 0. The molecule has 6 N–H and O–H groups in total. The van der Waals surface area contributed by atoms with Gasteiger partial charge < -0.3 is 21.7 Å². The lowest BCUT2D eigenvalue weighted by molar-refractivity contribution is -0.127. The molecule has 2 amide bonds. The number of hydrogen-bond donors (Lipinski definition) is 4. The fourth-order valence-electron chi connectivity index (χ4n) is 6.86. The molecule has 1 aromatic carbocycles. The van der Waals surface area contributed by atoms with Gasteiger partial charge in [-0.25, -0.2) is 9.59 Å². The van der Waals surface area contributed by atoms with Crippen molar-refractivity contribution in [1.82, 2.24) is 24.7 Å². The molecule has 3 aliphatic rings. The number of aromatic nitrogens is 2. The summed E-state index contributed by atoms with van der Waals surface area (Å²) in [6.45, 7) is 9.07. The number of likely N-dealkylation sites (tertiary alicyclic amines) is 1. The fourth-order valence-corrected chi connectivity index (χ4v) is 6.86. The van der Waals surface area contributed by atoms with E-state index in [1.807, 2.05) is 12.1 Å². The van der Waals surface area contributed by atoms with Crippen molar-refractivity contribution in [2.24, 2.45) is 23.3 Å². The largest absolute Gasteiger partial charge is 0.354 e. The Kier molecular flexibility index (Phi) is 10.7. The first-order valence-electron chi connectivity index (χ1n) is 15.3. The van der Waals surface area contributed by atoms with Gasteiger partial charge in [0.1, 0.15) is 11.9 Å². The minimum atomic E-state index is -1.07. The van der Waals surface area contributed by atoms with E-state index in [0.29, 0.717) is 37.4 Å². The summed E-state index contributed by atoms with van der Waals surface area (Å²) < 4.78 is 1.46. The molecule has 236 valence electrons. The second-order valence-electron chi connectivity index (χ2n) is 12.9. The predicted molar refractivity (Wildman–Crippen MR) is 171 cm³/mol. The summed E-state index contributed by atoms with van der Waals surface area (Å²) in [5, 5.41) is 5.82. The third-order valence-corrected chi connectivity index (χ3v) is 9.27. The fraction of sp³-hybridized carbons (Fsp3) is 0.613. The summed E-state index contributed by atoms with van der Waals surface area (Å²) >= 11 is 0. The molecule has 2 aromatic rings. The second kappa shape index (κ2) is 13.9. The zero-order valence-corrected chi connectivity index (χ0v) is 26.3. The Morgan fingerprint density at radius 3 is 2.53 bits per heavy atom. The topological polar surface area (TPSA) is 152 Å². The van der Waals surface area contributed by atoms with Crippen LogP contribution < -0.4 is 27.8 Å². The molecule has 2 aliphatic heterocycles. The van der Waals surface area contributed by atoms with Crippen molar-refractivity contribution < 1.29 is 9.59 Å². The second-order valence-corrected chi connectivity index (χ2v) is 12.9. The van der Waals surface area contributed by atoms with Gasteiger partial charge in [0.25, 0.3) is 0 Å². The van der Waals surface area contributed by atoms with Crippen LogP contribution in [-0.2, 0) is 11.2 Å². The predicted octanol–water partition coefficient (Wildman–Crippen LogP) is 2.15.